The molecule has 0 unspecified atom stereocenters. The van der Waals surface area contributed by atoms with Gasteiger partial charge in [-0.25, -0.2) is 0 Å². The predicted molar refractivity (Wildman–Crippen MR) is 72.3 cm³/mol. The van der Waals surface area contributed by atoms with Crippen LogP contribution < -0.4 is 10.6 Å². The summed E-state index contributed by atoms with van der Waals surface area (Å²) in [5, 5.41) is 4.56. The van der Waals surface area contributed by atoms with Crippen LogP contribution in [0.3, 0.4) is 0 Å². The van der Waals surface area contributed by atoms with Crippen molar-refractivity contribution >= 4 is 35.0 Å². The Hall–Kier alpha value is -1.47. The molecule has 0 saturated carbocycles. The zero-order valence-corrected chi connectivity index (χ0v) is 12.0. The number of hydrogen-bond donors (Lipinski definition) is 2. The van der Waals surface area contributed by atoms with E-state index in [0.29, 0.717) is 0 Å². The average molecular weight is 343 g/mol. The third kappa shape index (κ3) is 5.43. The molecular formula is C12H11Cl2F3N2O2. The van der Waals surface area contributed by atoms with Gasteiger partial charge in [0.25, 0.3) is 11.8 Å². The molecule has 1 aromatic carbocycles. The van der Waals surface area contributed by atoms with Crippen LogP contribution in [0.25, 0.3) is 0 Å². The van der Waals surface area contributed by atoms with E-state index in [-0.39, 0.29) is 13.1 Å². The Morgan fingerprint density at radius 3 is 2.24 bits per heavy atom. The molecule has 2 amide bonds. The SMILES string of the molecule is O=C(NCCNC(=O)C(Cl)Cl)c1ccccc1C(F)(F)F. The zero-order chi connectivity index (χ0) is 16.0. The molecule has 1 rings (SSSR count). The second kappa shape index (κ2) is 7.51. The maximum atomic E-state index is 12.7. The van der Waals surface area contributed by atoms with Crippen molar-refractivity contribution in [2.75, 3.05) is 13.1 Å². The first-order chi connectivity index (χ1) is 9.73. The van der Waals surface area contributed by atoms with Crippen LogP contribution >= 0.6 is 23.2 Å². The van der Waals surface area contributed by atoms with Crippen LogP contribution in [0.4, 0.5) is 13.2 Å². The molecule has 9 heteroatoms. The summed E-state index contributed by atoms with van der Waals surface area (Å²) in [6.45, 7) is -0.0635. The molecule has 0 spiro atoms. The second-order valence-electron chi connectivity index (χ2n) is 3.89. The van der Waals surface area contributed by atoms with E-state index >= 15 is 0 Å². The van der Waals surface area contributed by atoms with E-state index in [1.807, 2.05) is 0 Å². The van der Waals surface area contributed by atoms with Crippen molar-refractivity contribution in [1.82, 2.24) is 10.6 Å². The molecule has 0 bridgehead atoms. The number of benzene rings is 1. The molecule has 0 fully saturated rings. The number of hydrogen-bond acceptors (Lipinski definition) is 2. The van der Waals surface area contributed by atoms with Gasteiger partial charge in [-0.15, -0.1) is 0 Å². The first kappa shape index (κ1) is 17.6. The van der Waals surface area contributed by atoms with E-state index in [4.69, 9.17) is 23.2 Å². The molecule has 1 aromatic rings. The summed E-state index contributed by atoms with van der Waals surface area (Å²) in [5.74, 6) is -1.53. The van der Waals surface area contributed by atoms with Gasteiger partial charge in [0.1, 0.15) is 0 Å². The summed E-state index contributed by atoms with van der Waals surface area (Å²) in [7, 11) is 0. The van der Waals surface area contributed by atoms with Gasteiger partial charge in [0.2, 0.25) is 0 Å². The molecule has 0 aromatic heterocycles. The Bertz CT molecular complexity index is 521. The van der Waals surface area contributed by atoms with Gasteiger partial charge in [-0.2, -0.15) is 13.2 Å². The molecule has 0 aliphatic carbocycles. The van der Waals surface area contributed by atoms with Gasteiger partial charge in [-0.1, -0.05) is 35.3 Å². The monoisotopic (exact) mass is 342 g/mol. The summed E-state index contributed by atoms with van der Waals surface area (Å²) >= 11 is 10.6. The molecule has 0 aliphatic rings. The van der Waals surface area contributed by atoms with Crippen molar-refractivity contribution in [3.8, 4) is 0 Å². The largest absolute Gasteiger partial charge is 0.417 e. The van der Waals surface area contributed by atoms with Gasteiger partial charge in [-0.3, -0.25) is 9.59 Å². The highest BCUT2D eigenvalue weighted by molar-refractivity contribution is 6.53. The number of alkyl halides is 5. The van der Waals surface area contributed by atoms with E-state index in [1.54, 1.807) is 0 Å². The van der Waals surface area contributed by atoms with E-state index in [9.17, 15) is 22.8 Å². The minimum absolute atomic E-state index is 0.00526. The quantitative estimate of drug-likeness (QED) is 0.637. The van der Waals surface area contributed by atoms with Crippen molar-refractivity contribution in [1.29, 1.82) is 0 Å². The van der Waals surface area contributed by atoms with Gasteiger partial charge in [-0.05, 0) is 12.1 Å². The third-order valence-electron chi connectivity index (χ3n) is 2.39. The Labute approximate surface area is 128 Å². The topological polar surface area (TPSA) is 58.2 Å². The fourth-order valence-corrected chi connectivity index (χ4v) is 1.62. The van der Waals surface area contributed by atoms with Crippen molar-refractivity contribution in [2.45, 2.75) is 11.0 Å². The molecule has 0 saturated heterocycles. The van der Waals surface area contributed by atoms with E-state index in [1.165, 1.54) is 12.1 Å². The number of carbonyl (C=O) groups is 2. The lowest BCUT2D eigenvalue weighted by molar-refractivity contribution is -0.138. The van der Waals surface area contributed by atoms with Crippen molar-refractivity contribution in [3.63, 3.8) is 0 Å². The van der Waals surface area contributed by atoms with Crippen LogP contribution in [0.2, 0.25) is 0 Å². The Morgan fingerprint density at radius 1 is 1.10 bits per heavy atom. The van der Waals surface area contributed by atoms with Crippen LogP contribution in [0.15, 0.2) is 24.3 Å². The first-order valence-corrected chi connectivity index (χ1v) is 6.61. The van der Waals surface area contributed by atoms with Crippen LogP contribution in [-0.2, 0) is 11.0 Å². The highest BCUT2D eigenvalue weighted by Gasteiger charge is 2.34. The summed E-state index contributed by atoms with van der Waals surface area (Å²) in [6.07, 6.45) is -4.62. The maximum Gasteiger partial charge on any atom is 0.417 e. The number of nitrogens with one attached hydrogen (secondary N) is 2. The summed E-state index contributed by atoms with van der Waals surface area (Å²) in [6, 6.07) is 4.42. The Balaban J connectivity index is 2.59. The van der Waals surface area contributed by atoms with E-state index in [0.717, 1.165) is 12.1 Å². The fraction of sp³-hybridized carbons (Fsp3) is 0.333. The fourth-order valence-electron chi connectivity index (χ4n) is 1.46. The van der Waals surface area contributed by atoms with Gasteiger partial charge in [0, 0.05) is 13.1 Å². The second-order valence-corrected chi connectivity index (χ2v) is 4.99. The molecule has 0 atom stereocenters. The molecule has 21 heavy (non-hydrogen) atoms. The van der Waals surface area contributed by atoms with Crippen molar-refractivity contribution < 1.29 is 22.8 Å². The number of halogens is 5. The first-order valence-electron chi connectivity index (χ1n) is 5.73. The summed E-state index contributed by atoms with van der Waals surface area (Å²) in [4.78, 5) is 21.5. The van der Waals surface area contributed by atoms with Crippen LogP contribution in [-0.4, -0.2) is 29.7 Å². The third-order valence-corrected chi connectivity index (χ3v) is 2.78. The zero-order valence-electron chi connectivity index (χ0n) is 10.5. The van der Waals surface area contributed by atoms with Gasteiger partial charge in [0.15, 0.2) is 4.84 Å². The van der Waals surface area contributed by atoms with Crippen LogP contribution in [0.1, 0.15) is 15.9 Å². The molecule has 116 valence electrons. The van der Waals surface area contributed by atoms with E-state index in [2.05, 4.69) is 10.6 Å². The molecule has 0 radical (unpaired) electrons. The standard InChI is InChI=1S/C12H11Cl2F3N2O2/c13-9(14)11(21)19-6-5-18-10(20)7-3-1-2-4-8(7)12(15,16)17/h1-4,9H,5-6H2,(H,18,20)(H,19,21). The van der Waals surface area contributed by atoms with Gasteiger partial charge >= 0.3 is 6.18 Å². The predicted octanol–water partition coefficient (Wildman–Crippen LogP) is 2.36. The number of rotatable bonds is 5. The Kier molecular flexibility index (Phi) is 6.29. The summed E-state index contributed by atoms with van der Waals surface area (Å²) in [5.41, 5.74) is -1.50. The lowest BCUT2D eigenvalue weighted by Gasteiger charge is -2.12. The van der Waals surface area contributed by atoms with Crippen molar-refractivity contribution in [3.05, 3.63) is 35.4 Å². The highest BCUT2D eigenvalue weighted by atomic mass is 35.5. The number of amides is 2. The molecule has 4 nitrogen and oxygen atoms in total. The lowest BCUT2D eigenvalue weighted by Crippen LogP contribution is -2.37. The Morgan fingerprint density at radius 2 is 1.67 bits per heavy atom. The van der Waals surface area contributed by atoms with E-state index < -0.39 is 34.0 Å². The van der Waals surface area contributed by atoms with Crippen LogP contribution in [0, 0.1) is 0 Å². The normalized spacial score (nSPS) is 11.3. The average Bonchev–Trinajstić information content (AvgIpc) is 2.42. The van der Waals surface area contributed by atoms with Gasteiger partial charge < -0.3 is 10.6 Å². The lowest BCUT2D eigenvalue weighted by atomic mass is 10.1. The minimum Gasteiger partial charge on any atom is -0.352 e. The molecule has 0 heterocycles. The van der Waals surface area contributed by atoms with Crippen LogP contribution in [0.5, 0.6) is 0 Å². The van der Waals surface area contributed by atoms with Gasteiger partial charge in [0.05, 0.1) is 11.1 Å². The van der Waals surface area contributed by atoms with Crippen molar-refractivity contribution in [2.24, 2.45) is 0 Å². The number of carbonyl (C=O) groups excluding carboxylic acids is 2. The molecule has 2 N–H and O–H groups in total. The smallest absolute Gasteiger partial charge is 0.352 e. The summed E-state index contributed by atoms with van der Waals surface area (Å²) < 4.78 is 38.2. The maximum absolute atomic E-state index is 12.7. The highest BCUT2D eigenvalue weighted by Crippen LogP contribution is 2.31. The minimum atomic E-state index is -4.62. The molecular weight excluding hydrogens is 332 g/mol. The molecule has 0 aliphatic heterocycles.